The molecule has 4 rings (SSSR count). The third-order valence-corrected chi connectivity index (χ3v) is 5.75. The third-order valence-electron chi connectivity index (χ3n) is 5.75. The van der Waals surface area contributed by atoms with Crippen molar-refractivity contribution in [1.82, 2.24) is 4.98 Å². The van der Waals surface area contributed by atoms with Crippen LogP contribution >= 0.6 is 27.0 Å². The Hall–Kier alpha value is -2.38. The molecule has 1 aromatic carbocycles. The van der Waals surface area contributed by atoms with Crippen molar-refractivity contribution in [3.63, 3.8) is 0 Å². The highest BCUT2D eigenvalue weighted by Crippen LogP contribution is 2.42. The minimum Gasteiger partial charge on any atom is -0.289 e. The van der Waals surface area contributed by atoms with Crippen LogP contribution in [0.1, 0.15) is 42.4 Å². The molecule has 0 unspecified atom stereocenters. The van der Waals surface area contributed by atoms with E-state index in [2.05, 4.69) is 4.98 Å². The van der Waals surface area contributed by atoms with Crippen LogP contribution in [0.15, 0.2) is 36.7 Å². The smallest absolute Gasteiger partial charge is 0.289 e. The van der Waals surface area contributed by atoms with Gasteiger partial charge < -0.3 is 0 Å². The molecule has 0 radical (unpaired) electrons. The maximum Gasteiger partial charge on any atom is 0.417 e. The lowest BCUT2D eigenvalue weighted by atomic mass is 9.89. The summed E-state index contributed by atoms with van der Waals surface area (Å²) in [7, 11) is 0. The number of benzene rings is 1. The molecule has 10 heteroatoms. The van der Waals surface area contributed by atoms with E-state index in [1.165, 1.54) is 11.0 Å². The molecule has 2 fully saturated rings. The number of carbonyl (C=O) groups excluding carboxylic acids is 1. The highest BCUT2D eigenvalue weighted by molar-refractivity contribution is 7.59. The molecule has 5 nitrogen and oxygen atoms in total. The lowest BCUT2D eigenvalue weighted by Gasteiger charge is -2.32. The summed E-state index contributed by atoms with van der Waals surface area (Å²) < 4.78 is 40.4. The molecule has 1 saturated carbocycles. The zero-order chi connectivity index (χ0) is 20.8. The first-order chi connectivity index (χ1) is 13.8. The Labute approximate surface area is 192 Å². The van der Waals surface area contributed by atoms with E-state index in [-0.39, 0.29) is 50.8 Å². The predicted octanol–water partition coefficient (Wildman–Crippen LogP) is 5.26. The molecule has 166 valence electrons. The van der Waals surface area contributed by atoms with Gasteiger partial charge in [0.2, 0.25) is 0 Å². The van der Waals surface area contributed by atoms with Crippen LogP contribution < -0.4 is 9.80 Å². The highest BCUT2D eigenvalue weighted by Gasteiger charge is 2.48. The van der Waals surface area contributed by atoms with Gasteiger partial charge in [-0.15, -0.1) is 0 Å². The summed E-state index contributed by atoms with van der Waals surface area (Å²) in [4.78, 5) is 20.7. The van der Waals surface area contributed by atoms with Gasteiger partial charge in [-0.3, -0.25) is 14.8 Å². The molecule has 2 heterocycles. The molecular formula is C21H23F3N4OS2. The van der Waals surface area contributed by atoms with E-state index >= 15 is 0 Å². The molecular weight excluding hydrogens is 445 g/mol. The Morgan fingerprint density at radius 3 is 2.32 bits per heavy atom. The first kappa shape index (κ1) is 24.9. The first-order valence-electron chi connectivity index (χ1n) is 9.47. The molecule has 0 spiro atoms. The summed E-state index contributed by atoms with van der Waals surface area (Å²) in [6, 6.07) is 6.20. The number of urea groups is 1. The van der Waals surface area contributed by atoms with Crippen molar-refractivity contribution in [3.05, 3.63) is 53.3 Å². The lowest BCUT2D eigenvalue weighted by Crippen LogP contribution is -2.40. The monoisotopic (exact) mass is 468 g/mol. The van der Waals surface area contributed by atoms with Gasteiger partial charge in [0.15, 0.2) is 0 Å². The van der Waals surface area contributed by atoms with Crippen LogP contribution in [0.5, 0.6) is 0 Å². The second-order valence-electron chi connectivity index (χ2n) is 7.44. The Bertz CT molecular complexity index is 1010. The standard InChI is InChI=1S/C21H19F3N4O.2H2S/c1-13-8-9-26-12-19(13)28-18-5-3-2-4-17(18)27(20(28)29)15-7-6-14(11-25)16(10-15)21(22,23)24;;/h6-10,12,17-18H,2-5H2,1H3;2*1H2/t17-,18-;;/m0../s1. The van der Waals surface area contributed by atoms with Gasteiger partial charge in [0, 0.05) is 11.9 Å². The summed E-state index contributed by atoms with van der Waals surface area (Å²) in [5.74, 6) is 0. The van der Waals surface area contributed by atoms with E-state index in [0.717, 1.165) is 37.0 Å². The van der Waals surface area contributed by atoms with Gasteiger partial charge in [0.1, 0.15) is 0 Å². The van der Waals surface area contributed by atoms with E-state index in [4.69, 9.17) is 5.26 Å². The van der Waals surface area contributed by atoms with Gasteiger partial charge in [-0.2, -0.15) is 45.4 Å². The van der Waals surface area contributed by atoms with Crippen molar-refractivity contribution in [1.29, 1.82) is 5.26 Å². The number of anilines is 2. The van der Waals surface area contributed by atoms with Crippen molar-refractivity contribution in [2.75, 3.05) is 9.80 Å². The predicted molar refractivity (Wildman–Crippen MR) is 122 cm³/mol. The van der Waals surface area contributed by atoms with E-state index in [1.54, 1.807) is 23.4 Å². The van der Waals surface area contributed by atoms with Crippen LogP contribution in [0.3, 0.4) is 0 Å². The molecule has 1 aromatic heterocycles. The van der Waals surface area contributed by atoms with E-state index in [9.17, 15) is 18.0 Å². The van der Waals surface area contributed by atoms with Crippen LogP contribution in [0.2, 0.25) is 0 Å². The number of amides is 2. The molecule has 0 N–H and O–H groups in total. The summed E-state index contributed by atoms with van der Waals surface area (Å²) in [5.41, 5.74) is 0.265. The number of fused-ring (bicyclic) bond motifs is 1. The van der Waals surface area contributed by atoms with E-state index in [1.807, 2.05) is 13.0 Å². The maximum absolute atomic E-state index is 13.5. The average molecular weight is 469 g/mol. The Morgan fingerprint density at radius 2 is 1.74 bits per heavy atom. The molecule has 1 saturated heterocycles. The van der Waals surface area contributed by atoms with E-state index < -0.39 is 17.3 Å². The van der Waals surface area contributed by atoms with Crippen molar-refractivity contribution in [2.24, 2.45) is 0 Å². The topological polar surface area (TPSA) is 60.2 Å². The number of carbonyl (C=O) groups is 1. The number of aryl methyl sites for hydroxylation is 1. The maximum atomic E-state index is 13.5. The Kier molecular flexibility index (Phi) is 7.55. The zero-order valence-corrected chi connectivity index (χ0v) is 18.8. The average Bonchev–Trinajstić information content (AvgIpc) is 2.99. The first-order valence-corrected chi connectivity index (χ1v) is 9.47. The quantitative estimate of drug-likeness (QED) is 0.604. The number of rotatable bonds is 2. The minimum atomic E-state index is -4.67. The number of hydrogen-bond donors (Lipinski definition) is 0. The second kappa shape index (κ2) is 9.40. The van der Waals surface area contributed by atoms with Crippen LogP contribution in [0, 0.1) is 18.3 Å². The van der Waals surface area contributed by atoms with Gasteiger partial charge in [0.25, 0.3) is 0 Å². The number of hydrogen-bond acceptors (Lipinski definition) is 3. The summed E-state index contributed by atoms with van der Waals surface area (Å²) >= 11 is 0. The molecule has 2 atom stereocenters. The minimum absolute atomic E-state index is 0. The zero-order valence-electron chi connectivity index (χ0n) is 16.8. The summed E-state index contributed by atoms with van der Waals surface area (Å²) in [5, 5.41) is 9.05. The SMILES string of the molecule is Cc1ccncc1N1C(=O)N(c2ccc(C#N)c(C(F)(F)F)c2)[C@H]2CCCC[C@@H]21.S.S. The lowest BCUT2D eigenvalue weighted by molar-refractivity contribution is -0.137. The number of alkyl halides is 3. The number of aromatic nitrogens is 1. The van der Waals surface area contributed by atoms with Crippen molar-refractivity contribution < 1.29 is 18.0 Å². The van der Waals surface area contributed by atoms with Crippen LogP contribution in [-0.4, -0.2) is 23.1 Å². The molecule has 1 aliphatic heterocycles. The fraction of sp³-hybridized carbons (Fsp3) is 0.381. The molecule has 2 aliphatic rings. The Morgan fingerprint density at radius 1 is 1.10 bits per heavy atom. The van der Waals surface area contributed by atoms with Crippen molar-refractivity contribution >= 4 is 44.4 Å². The summed E-state index contributed by atoms with van der Waals surface area (Å²) in [6.07, 6.45) is 1.97. The van der Waals surface area contributed by atoms with Gasteiger partial charge >= 0.3 is 12.2 Å². The number of pyridine rings is 1. The number of nitrogens with zero attached hydrogens (tertiary/aromatic N) is 4. The van der Waals surface area contributed by atoms with Crippen LogP contribution in [0.4, 0.5) is 29.3 Å². The van der Waals surface area contributed by atoms with Gasteiger partial charge in [-0.25, -0.2) is 4.79 Å². The van der Waals surface area contributed by atoms with Crippen molar-refractivity contribution in [2.45, 2.75) is 50.9 Å². The van der Waals surface area contributed by atoms with E-state index in [0.29, 0.717) is 12.1 Å². The largest absolute Gasteiger partial charge is 0.417 e. The van der Waals surface area contributed by atoms with Crippen molar-refractivity contribution in [3.8, 4) is 6.07 Å². The second-order valence-corrected chi connectivity index (χ2v) is 7.44. The van der Waals surface area contributed by atoms with Gasteiger partial charge in [-0.05, 0) is 49.6 Å². The molecule has 1 aliphatic carbocycles. The Balaban J connectivity index is 0.00000171. The summed E-state index contributed by atoms with van der Waals surface area (Å²) in [6.45, 7) is 1.88. The molecule has 2 aromatic rings. The molecule has 2 amide bonds. The molecule has 0 bridgehead atoms. The molecule has 31 heavy (non-hydrogen) atoms. The number of halogens is 3. The number of nitriles is 1. The normalized spacial score (nSPS) is 20.4. The fourth-order valence-electron chi connectivity index (χ4n) is 4.40. The van der Waals surface area contributed by atoms with Gasteiger partial charge in [0.05, 0.1) is 41.2 Å². The van der Waals surface area contributed by atoms with Crippen LogP contribution in [0.25, 0.3) is 0 Å². The van der Waals surface area contributed by atoms with Crippen LogP contribution in [-0.2, 0) is 6.18 Å². The third kappa shape index (κ3) is 4.34. The van der Waals surface area contributed by atoms with Gasteiger partial charge in [-0.1, -0.05) is 12.8 Å². The fourth-order valence-corrected chi connectivity index (χ4v) is 4.40. The highest BCUT2D eigenvalue weighted by atomic mass is 32.1.